The van der Waals surface area contributed by atoms with Crippen LogP contribution in [-0.2, 0) is 6.42 Å². The molecule has 1 aromatic carbocycles. The second-order valence-electron chi connectivity index (χ2n) is 3.90. The fourth-order valence-electron chi connectivity index (χ4n) is 1.72. The Morgan fingerprint density at radius 3 is 2.41 bits per heavy atom. The predicted octanol–water partition coefficient (Wildman–Crippen LogP) is 4.61. The van der Waals surface area contributed by atoms with E-state index >= 15 is 0 Å². The maximum atomic E-state index is 12.3. The number of thiophene rings is 1. The van der Waals surface area contributed by atoms with Crippen molar-refractivity contribution in [1.82, 2.24) is 0 Å². The summed E-state index contributed by atoms with van der Waals surface area (Å²) in [5, 5.41) is 0. The van der Waals surface area contributed by atoms with E-state index in [1.807, 2.05) is 37.3 Å². The second kappa shape index (κ2) is 5.15. The Morgan fingerprint density at radius 2 is 1.94 bits per heavy atom. The van der Waals surface area contributed by atoms with E-state index in [0.717, 1.165) is 26.2 Å². The van der Waals surface area contributed by atoms with Crippen molar-refractivity contribution in [3.05, 3.63) is 55.7 Å². The van der Waals surface area contributed by atoms with Gasteiger partial charge in [-0.25, -0.2) is 0 Å². The number of hydrogen-bond donors (Lipinski definition) is 0. The smallest absolute Gasteiger partial charge is 0.194 e. The van der Waals surface area contributed by atoms with Crippen LogP contribution >= 0.6 is 27.3 Å². The van der Waals surface area contributed by atoms with Crippen LogP contribution in [0, 0.1) is 6.92 Å². The summed E-state index contributed by atoms with van der Waals surface area (Å²) in [4.78, 5) is 13.3. The fourth-order valence-corrected chi connectivity index (χ4v) is 3.41. The SMILES string of the molecule is CCc1ccc(C(=O)c2cc(Br)sc2C)cc1. The number of carbonyl (C=O) groups excluding carboxylic acids is 1. The average Bonchev–Trinajstić information content (AvgIpc) is 2.68. The van der Waals surface area contributed by atoms with Crippen molar-refractivity contribution in [3.63, 3.8) is 0 Å². The van der Waals surface area contributed by atoms with Crippen molar-refractivity contribution in [3.8, 4) is 0 Å². The topological polar surface area (TPSA) is 17.1 Å². The lowest BCUT2D eigenvalue weighted by molar-refractivity contribution is 0.103. The van der Waals surface area contributed by atoms with E-state index in [9.17, 15) is 4.79 Å². The van der Waals surface area contributed by atoms with Crippen molar-refractivity contribution in [2.45, 2.75) is 20.3 Å². The third kappa shape index (κ3) is 2.67. The van der Waals surface area contributed by atoms with Gasteiger partial charge < -0.3 is 0 Å². The zero-order valence-electron chi connectivity index (χ0n) is 9.79. The average molecular weight is 309 g/mol. The predicted molar refractivity (Wildman–Crippen MR) is 76.0 cm³/mol. The lowest BCUT2D eigenvalue weighted by Gasteiger charge is -2.01. The van der Waals surface area contributed by atoms with Gasteiger partial charge in [-0.3, -0.25) is 4.79 Å². The molecule has 0 aliphatic rings. The highest BCUT2D eigenvalue weighted by Gasteiger charge is 2.14. The second-order valence-corrected chi connectivity index (χ2v) is 6.54. The van der Waals surface area contributed by atoms with Crippen LogP contribution < -0.4 is 0 Å². The Bertz CT molecular complexity index is 540. The van der Waals surface area contributed by atoms with E-state index in [4.69, 9.17) is 0 Å². The molecule has 0 unspecified atom stereocenters. The molecular formula is C14H13BrOS. The first kappa shape index (κ1) is 12.5. The molecule has 17 heavy (non-hydrogen) atoms. The summed E-state index contributed by atoms with van der Waals surface area (Å²) < 4.78 is 1.00. The van der Waals surface area contributed by atoms with Crippen LogP contribution in [0.15, 0.2) is 34.1 Å². The molecule has 3 heteroatoms. The first-order valence-corrected chi connectivity index (χ1v) is 7.12. The third-order valence-electron chi connectivity index (χ3n) is 2.76. The molecule has 0 spiro atoms. The number of ketones is 1. The Balaban J connectivity index is 2.33. The minimum atomic E-state index is 0.104. The highest BCUT2D eigenvalue weighted by Crippen LogP contribution is 2.28. The Labute approximate surface area is 114 Å². The molecule has 2 rings (SSSR count). The molecule has 1 nitrogen and oxygen atoms in total. The van der Waals surface area contributed by atoms with E-state index in [2.05, 4.69) is 22.9 Å². The van der Waals surface area contributed by atoms with Gasteiger partial charge in [0.05, 0.1) is 3.79 Å². The molecule has 0 saturated heterocycles. The summed E-state index contributed by atoms with van der Waals surface area (Å²) in [7, 11) is 0. The summed E-state index contributed by atoms with van der Waals surface area (Å²) in [6.07, 6.45) is 0.998. The molecule has 88 valence electrons. The molecule has 0 amide bonds. The zero-order chi connectivity index (χ0) is 12.4. The molecule has 0 radical (unpaired) electrons. The van der Waals surface area contributed by atoms with Crippen LogP contribution in [-0.4, -0.2) is 5.78 Å². The summed E-state index contributed by atoms with van der Waals surface area (Å²) in [5.41, 5.74) is 2.81. The van der Waals surface area contributed by atoms with Gasteiger partial charge in [0.15, 0.2) is 5.78 Å². The third-order valence-corrected chi connectivity index (χ3v) is 4.31. The van der Waals surface area contributed by atoms with Crippen molar-refractivity contribution >= 4 is 33.0 Å². The highest BCUT2D eigenvalue weighted by molar-refractivity contribution is 9.11. The van der Waals surface area contributed by atoms with Crippen molar-refractivity contribution in [2.24, 2.45) is 0 Å². The van der Waals surface area contributed by atoms with Gasteiger partial charge in [0.25, 0.3) is 0 Å². The Morgan fingerprint density at radius 1 is 1.29 bits per heavy atom. The number of aryl methyl sites for hydroxylation is 2. The monoisotopic (exact) mass is 308 g/mol. The minimum absolute atomic E-state index is 0.104. The molecule has 2 aromatic rings. The van der Waals surface area contributed by atoms with Crippen molar-refractivity contribution in [1.29, 1.82) is 0 Å². The first-order chi connectivity index (χ1) is 8.11. The molecule has 0 aliphatic heterocycles. The molecule has 0 aliphatic carbocycles. The molecule has 1 aromatic heterocycles. The summed E-state index contributed by atoms with van der Waals surface area (Å²) >= 11 is 5.01. The maximum absolute atomic E-state index is 12.3. The molecule has 1 heterocycles. The van der Waals surface area contributed by atoms with Crippen LogP contribution in [0.25, 0.3) is 0 Å². The van der Waals surface area contributed by atoms with E-state index < -0.39 is 0 Å². The molecule has 0 N–H and O–H groups in total. The Hall–Kier alpha value is -0.930. The standard InChI is InChI=1S/C14H13BrOS/c1-3-10-4-6-11(7-5-10)14(16)12-8-13(15)17-9(12)2/h4-8H,3H2,1-2H3. The highest BCUT2D eigenvalue weighted by atomic mass is 79.9. The van der Waals surface area contributed by atoms with E-state index in [1.54, 1.807) is 11.3 Å². The number of carbonyl (C=O) groups is 1. The van der Waals surface area contributed by atoms with Crippen LogP contribution in [0.5, 0.6) is 0 Å². The van der Waals surface area contributed by atoms with Crippen LogP contribution in [0.4, 0.5) is 0 Å². The molecule has 0 atom stereocenters. The van der Waals surface area contributed by atoms with Gasteiger partial charge in [0.2, 0.25) is 0 Å². The Kier molecular flexibility index (Phi) is 3.79. The number of rotatable bonds is 3. The lowest BCUT2D eigenvalue weighted by Crippen LogP contribution is -2.01. The van der Waals surface area contributed by atoms with Gasteiger partial charge in [-0.2, -0.15) is 0 Å². The summed E-state index contributed by atoms with van der Waals surface area (Å²) in [5.74, 6) is 0.104. The number of hydrogen-bond acceptors (Lipinski definition) is 2. The van der Waals surface area contributed by atoms with Crippen LogP contribution in [0.3, 0.4) is 0 Å². The first-order valence-electron chi connectivity index (χ1n) is 5.51. The summed E-state index contributed by atoms with van der Waals surface area (Å²) in [6, 6.07) is 9.75. The van der Waals surface area contributed by atoms with Crippen LogP contribution in [0.2, 0.25) is 0 Å². The van der Waals surface area contributed by atoms with Gasteiger partial charge in [0.1, 0.15) is 0 Å². The number of benzene rings is 1. The molecular weight excluding hydrogens is 296 g/mol. The van der Waals surface area contributed by atoms with Crippen molar-refractivity contribution in [2.75, 3.05) is 0 Å². The van der Waals surface area contributed by atoms with Gasteiger partial charge in [-0.15, -0.1) is 11.3 Å². The van der Waals surface area contributed by atoms with Gasteiger partial charge >= 0.3 is 0 Å². The quantitative estimate of drug-likeness (QED) is 0.757. The largest absolute Gasteiger partial charge is 0.289 e. The molecule has 0 fully saturated rings. The zero-order valence-corrected chi connectivity index (χ0v) is 12.2. The number of halogens is 1. The van der Waals surface area contributed by atoms with Gasteiger partial charge in [-0.05, 0) is 40.9 Å². The van der Waals surface area contributed by atoms with Gasteiger partial charge in [0, 0.05) is 16.0 Å². The normalized spacial score (nSPS) is 10.5. The molecule has 0 bridgehead atoms. The maximum Gasteiger partial charge on any atom is 0.194 e. The van der Waals surface area contributed by atoms with E-state index in [-0.39, 0.29) is 5.78 Å². The van der Waals surface area contributed by atoms with Crippen LogP contribution in [0.1, 0.15) is 33.3 Å². The minimum Gasteiger partial charge on any atom is -0.289 e. The van der Waals surface area contributed by atoms with Gasteiger partial charge in [-0.1, -0.05) is 31.2 Å². The fraction of sp³-hybridized carbons (Fsp3) is 0.214. The van der Waals surface area contributed by atoms with E-state index in [0.29, 0.717) is 0 Å². The molecule has 0 saturated carbocycles. The lowest BCUT2D eigenvalue weighted by atomic mass is 10.0. The van der Waals surface area contributed by atoms with E-state index in [1.165, 1.54) is 5.56 Å². The van der Waals surface area contributed by atoms with Crippen molar-refractivity contribution < 1.29 is 4.79 Å². The summed E-state index contributed by atoms with van der Waals surface area (Å²) in [6.45, 7) is 4.08.